The molecule has 27 heavy (non-hydrogen) atoms. The van der Waals surface area contributed by atoms with E-state index in [1.165, 1.54) is 18.2 Å². The van der Waals surface area contributed by atoms with Crippen molar-refractivity contribution in [3.05, 3.63) is 101 Å². The van der Waals surface area contributed by atoms with Crippen LogP contribution >= 0.6 is 0 Å². The summed E-state index contributed by atoms with van der Waals surface area (Å²) in [5.74, 6) is -0.215. The average molecular weight is 367 g/mol. The summed E-state index contributed by atoms with van der Waals surface area (Å²) >= 11 is 0. The van der Waals surface area contributed by atoms with Crippen molar-refractivity contribution in [2.24, 2.45) is 0 Å². The lowest BCUT2D eigenvalue weighted by atomic mass is 10.1. The molecule has 0 unspecified atom stereocenters. The second-order valence-electron chi connectivity index (χ2n) is 6.10. The monoisotopic (exact) mass is 367 g/mol. The first-order chi connectivity index (χ1) is 13.1. The van der Waals surface area contributed by atoms with Crippen molar-refractivity contribution in [1.29, 1.82) is 0 Å². The molecule has 3 aromatic rings. The average Bonchev–Trinajstić information content (AvgIpc) is 2.68. The standard InChI is InChI=1S/C22H19F2NO2/c23-19-9-5-17(6-10-19)15-27-20-11-7-16(8-12-20)14-25-22(26)13-18-3-1-2-4-21(18)24/h1-12H,13-15H2,(H,25,26). The number of amides is 1. The van der Waals surface area contributed by atoms with Gasteiger partial charge in [0, 0.05) is 6.54 Å². The summed E-state index contributed by atoms with van der Waals surface area (Å²) in [5.41, 5.74) is 2.16. The number of nitrogens with one attached hydrogen (secondary N) is 1. The van der Waals surface area contributed by atoms with E-state index in [4.69, 9.17) is 4.74 Å². The molecule has 0 aliphatic carbocycles. The molecular weight excluding hydrogens is 348 g/mol. The van der Waals surface area contributed by atoms with E-state index in [9.17, 15) is 13.6 Å². The van der Waals surface area contributed by atoms with Crippen molar-refractivity contribution in [2.75, 3.05) is 0 Å². The maximum absolute atomic E-state index is 13.6. The zero-order valence-electron chi connectivity index (χ0n) is 14.6. The third-order valence-corrected chi connectivity index (χ3v) is 4.04. The van der Waals surface area contributed by atoms with E-state index < -0.39 is 0 Å². The van der Waals surface area contributed by atoms with Gasteiger partial charge in [0.2, 0.25) is 5.91 Å². The van der Waals surface area contributed by atoms with E-state index in [0.29, 0.717) is 24.5 Å². The van der Waals surface area contributed by atoms with E-state index in [1.807, 2.05) is 24.3 Å². The number of carbonyl (C=O) groups is 1. The van der Waals surface area contributed by atoms with Gasteiger partial charge in [0.25, 0.3) is 0 Å². The van der Waals surface area contributed by atoms with Gasteiger partial charge < -0.3 is 10.1 Å². The minimum Gasteiger partial charge on any atom is -0.489 e. The maximum Gasteiger partial charge on any atom is 0.224 e. The maximum atomic E-state index is 13.6. The Morgan fingerprint density at radius 1 is 0.852 bits per heavy atom. The zero-order valence-corrected chi connectivity index (χ0v) is 14.6. The molecule has 5 heteroatoms. The Morgan fingerprint density at radius 3 is 2.22 bits per heavy atom. The third-order valence-electron chi connectivity index (χ3n) is 4.04. The largest absolute Gasteiger partial charge is 0.489 e. The molecule has 0 saturated heterocycles. The van der Waals surface area contributed by atoms with E-state index in [0.717, 1.165) is 11.1 Å². The molecule has 0 aliphatic heterocycles. The van der Waals surface area contributed by atoms with Gasteiger partial charge >= 0.3 is 0 Å². The lowest BCUT2D eigenvalue weighted by Gasteiger charge is -2.09. The van der Waals surface area contributed by atoms with Crippen LogP contribution in [0.3, 0.4) is 0 Å². The van der Waals surface area contributed by atoms with Gasteiger partial charge in [-0.1, -0.05) is 42.5 Å². The fraction of sp³-hybridized carbons (Fsp3) is 0.136. The van der Waals surface area contributed by atoms with Crippen LogP contribution in [0, 0.1) is 11.6 Å². The highest BCUT2D eigenvalue weighted by Crippen LogP contribution is 2.15. The summed E-state index contributed by atoms with van der Waals surface area (Å²) in [6, 6.07) is 19.7. The van der Waals surface area contributed by atoms with Crippen LogP contribution in [0.5, 0.6) is 5.75 Å². The van der Waals surface area contributed by atoms with Crippen molar-refractivity contribution in [3.8, 4) is 5.75 Å². The number of rotatable bonds is 7. The van der Waals surface area contributed by atoms with Crippen LogP contribution in [0.1, 0.15) is 16.7 Å². The van der Waals surface area contributed by atoms with Gasteiger partial charge in [0.15, 0.2) is 0 Å². The number of hydrogen-bond donors (Lipinski definition) is 1. The van der Waals surface area contributed by atoms with Crippen LogP contribution in [0.15, 0.2) is 72.8 Å². The van der Waals surface area contributed by atoms with Crippen molar-refractivity contribution >= 4 is 5.91 Å². The molecule has 0 heterocycles. The molecule has 0 aliphatic rings. The predicted molar refractivity (Wildman–Crippen MR) is 99.1 cm³/mol. The second-order valence-corrected chi connectivity index (χ2v) is 6.10. The van der Waals surface area contributed by atoms with E-state index in [1.54, 1.807) is 30.3 Å². The van der Waals surface area contributed by atoms with Crippen LogP contribution in [-0.4, -0.2) is 5.91 Å². The molecule has 0 radical (unpaired) electrons. The molecule has 1 amide bonds. The molecule has 1 N–H and O–H groups in total. The third kappa shape index (κ3) is 5.64. The lowest BCUT2D eigenvalue weighted by molar-refractivity contribution is -0.120. The molecule has 138 valence electrons. The van der Waals surface area contributed by atoms with Crippen LogP contribution < -0.4 is 10.1 Å². The van der Waals surface area contributed by atoms with Gasteiger partial charge in [0.1, 0.15) is 24.0 Å². The summed E-state index contributed by atoms with van der Waals surface area (Å²) < 4.78 is 32.1. The highest BCUT2D eigenvalue weighted by Gasteiger charge is 2.07. The fourth-order valence-corrected chi connectivity index (χ4v) is 2.53. The molecule has 3 aromatic carbocycles. The molecule has 0 fully saturated rings. The summed E-state index contributed by atoms with van der Waals surface area (Å²) in [7, 11) is 0. The minimum absolute atomic E-state index is 0.00549. The first kappa shape index (κ1) is 18.6. The van der Waals surface area contributed by atoms with Gasteiger partial charge in [-0.15, -0.1) is 0 Å². The van der Waals surface area contributed by atoms with Gasteiger partial charge in [-0.3, -0.25) is 4.79 Å². The van der Waals surface area contributed by atoms with Crippen molar-refractivity contribution in [1.82, 2.24) is 5.32 Å². The topological polar surface area (TPSA) is 38.3 Å². The fourth-order valence-electron chi connectivity index (χ4n) is 2.53. The molecule has 0 spiro atoms. The highest BCUT2D eigenvalue weighted by molar-refractivity contribution is 5.78. The summed E-state index contributed by atoms with van der Waals surface area (Å²) in [5, 5.41) is 2.78. The minimum atomic E-state index is -0.379. The van der Waals surface area contributed by atoms with Crippen LogP contribution in [0.4, 0.5) is 8.78 Å². The van der Waals surface area contributed by atoms with Gasteiger partial charge in [-0.2, -0.15) is 0 Å². The Morgan fingerprint density at radius 2 is 1.52 bits per heavy atom. The van der Waals surface area contributed by atoms with Gasteiger partial charge in [-0.05, 0) is 47.0 Å². The molecular formula is C22H19F2NO2. The number of ether oxygens (including phenoxy) is 1. The lowest BCUT2D eigenvalue weighted by Crippen LogP contribution is -2.24. The molecule has 0 saturated carbocycles. The van der Waals surface area contributed by atoms with E-state index >= 15 is 0 Å². The SMILES string of the molecule is O=C(Cc1ccccc1F)NCc1ccc(OCc2ccc(F)cc2)cc1. The summed E-state index contributed by atoms with van der Waals surface area (Å²) in [4.78, 5) is 12.0. The molecule has 0 aromatic heterocycles. The van der Waals surface area contributed by atoms with Gasteiger partial charge in [-0.25, -0.2) is 8.78 Å². The second kappa shape index (κ2) is 8.94. The highest BCUT2D eigenvalue weighted by atomic mass is 19.1. The quantitative estimate of drug-likeness (QED) is 0.672. The molecule has 0 bridgehead atoms. The Bertz CT molecular complexity index is 893. The Kier molecular flexibility index (Phi) is 6.15. The van der Waals surface area contributed by atoms with Crippen LogP contribution in [0.2, 0.25) is 0 Å². The number of halogens is 2. The molecule has 3 rings (SSSR count). The van der Waals surface area contributed by atoms with Crippen molar-refractivity contribution < 1.29 is 18.3 Å². The van der Waals surface area contributed by atoms with E-state index in [-0.39, 0.29) is 24.0 Å². The smallest absolute Gasteiger partial charge is 0.224 e. The van der Waals surface area contributed by atoms with Crippen molar-refractivity contribution in [3.63, 3.8) is 0 Å². The predicted octanol–water partition coefficient (Wildman–Crippen LogP) is 4.40. The Hall–Kier alpha value is -3.21. The Balaban J connectivity index is 1.46. The first-order valence-electron chi connectivity index (χ1n) is 8.56. The normalized spacial score (nSPS) is 10.4. The molecule has 3 nitrogen and oxygen atoms in total. The van der Waals surface area contributed by atoms with E-state index in [2.05, 4.69) is 5.32 Å². The van der Waals surface area contributed by atoms with Crippen LogP contribution in [0.25, 0.3) is 0 Å². The summed E-state index contributed by atoms with van der Waals surface area (Å²) in [6.07, 6.45) is 0.00549. The van der Waals surface area contributed by atoms with Gasteiger partial charge in [0.05, 0.1) is 6.42 Å². The number of benzene rings is 3. The zero-order chi connectivity index (χ0) is 19.1. The number of carbonyl (C=O) groups excluding carboxylic acids is 1. The van der Waals surface area contributed by atoms with Crippen LogP contribution in [-0.2, 0) is 24.4 Å². The Labute approximate surface area is 156 Å². The number of hydrogen-bond acceptors (Lipinski definition) is 2. The summed E-state index contributed by atoms with van der Waals surface area (Å²) in [6.45, 7) is 0.699. The first-order valence-corrected chi connectivity index (χ1v) is 8.56. The molecule has 0 atom stereocenters. The van der Waals surface area contributed by atoms with Crippen molar-refractivity contribution in [2.45, 2.75) is 19.6 Å².